The Morgan fingerprint density at radius 1 is 0.923 bits per heavy atom. The van der Waals surface area contributed by atoms with Gasteiger partial charge in [-0.2, -0.15) is 0 Å². The largest absolute Gasteiger partial charge is 0.504 e. The van der Waals surface area contributed by atoms with Gasteiger partial charge in [-0.25, -0.2) is 0 Å². The first-order chi connectivity index (χ1) is 12.5. The Morgan fingerprint density at radius 3 is 2.23 bits per heavy atom. The Hall–Kier alpha value is -2.70. The molecule has 0 saturated heterocycles. The molecule has 0 amide bonds. The van der Waals surface area contributed by atoms with Gasteiger partial charge in [0.1, 0.15) is 0 Å². The summed E-state index contributed by atoms with van der Waals surface area (Å²) in [7, 11) is 2.94. The summed E-state index contributed by atoms with van der Waals surface area (Å²) in [5.41, 5.74) is 3.08. The number of phenolic OH excluding ortho intramolecular Hbond substituents is 2. The molecule has 1 aliphatic rings. The first-order valence-corrected chi connectivity index (χ1v) is 8.24. The van der Waals surface area contributed by atoms with Crippen LogP contribution in [0.15, 0.2) is 35.9 Å². The average molecular weight is 358 g/mol. The summed E-state index contributed by atoms with van der Waals surface area (Å²) in [6.45, 7) is -0.369. The van der Waals surface area contributed by atoms with Crippen molar-refractivity contribution in [1.29, 1.82) is 0 Å². The van der Waals surface area contributed by atoms with Gasteiger partial charge < -0.3 is 29.9 Å². The number of methoxy groups -OCH3 is 2. The van der Waals surface area contributed by atoms with Crippen LogP contribution in [0.1, 0.15) is 22.6 Å². The number of phenols is 2. The summed E-state index contributed by atoms with van der Waals surface area (Å²) < 4.78 is 10.4. The molecule has 138 valence electrons. The Morgan fingerprint density at radius 2 is 1.62 bits per heavy atom. The van der Waals surface area contributed by atoms with Crippen LogP contribution in [-0.4, -0.2) is 47.9 Å². The molecule has 0 aliphatic heterocycles. The minimum Gasteiger partial charge on any atom is -0.504 e. The topological polar surface area (TPSA) is 99.4 Å². The Bertz CT molecular complexity index is 842. The highest BCUT2D eigenvalue weighted by atomic mass is 16.5. The van der Waals surface area contributed by atoms with Gasteiger partial charge in [0.25, 0.3) is 0 Å². The van der Waals surface area contributed by atoms with Crippen molar-refractivity contribution in [3.05, 3.63) is 52.6 Å². The first-order valence-electron chi connectivity index (χ1n) is 8.24. The van der Waals surface area contributed by atoms with Gasteiger partial charge in [-0.15, -0.1) is 0 Å². The molecule has 0 aromatic heterocycles. The van der Waals surface area contributed by atoms with Gasteiger partial charge in [0, 0.05) is 11.8 Å². The van der Waals surface area contributed by atoms with Gasteiger partial charge >= 0.3 is 0 Å². The second-order valence-corrected chi connectivity index (χ2v) is 6.23. The van der Waals surface area contributed by atoms with E-state index in [1.165, 1.54) is 20.3 Å². The molecule has 0 radical (unpaired) electrons. The van der Waals surface area contributed by atoms with Crippen molar-refractivity contribution < 1.29 is 29.9 Å². The molecular formula is C20H22O6. The van der Waals surface area contributed by atoms with Crippen LogP contribution >= 0.6 is 0 Å². The number of aliphatic hydroxyl groups is 2. The number of rotatable bonds is 5. The van der Waals surface area contributed by atoms with E-state index in [2.05, 4.69) is 0 Å². The van der Waals surface area contributed by atoms with Crippen LogP contribution in [0.4, 0.5) is 0 Å². The minimum absolute atomic E-state index is 0.000434. The molecule has 0 heterocycles. The lowest BCUT2D eigenvalue weighted by Gasteiger charge is -2.33. The molecule has 2 aromatic carbocycles. The van der Waals surface area contributed by atoms with Crippen LogP contribution in [-0.2, 0) is 0 Å². The van der Waals surface area contributed by atoms with E-state index in [0.717, 1.165) is 16.7 Å². The monoisotopic (exact) mass is 358 g/mol. The standard InChI is InChI=1S/C20H22O6/c1-25-18-6-11(3-4-16(18)23)20-14-8-17(24)19(26-2)7-12(14)5-13(9-21)15(20)10-22/h3-8,15,20-24H,9-10H2,1-2H3. The highest BCUT2D eigenvalue weighted by Crippen LogP contribution is 2.46. The van der Waals surface area contributed by atoms with Gasteiger partial charge in [-0.05, 0) is 46.5 Å². The van der Waals surface area contributed by atoms with Crippen molar-refractivity contribution in [3.63, 3.8) is 0 Å². The fourth-order valence-corrected chi connectivity index (χ4v) is 3.58. The smallest absolute Gasteiger partial charge is 0.161 e. The molecule has 4 N–H and O–H groups in total. The molecule has 6 nitrogen and oxygen atoms in total. The zero-order valence-corrected chi connectivity index (χ0v) is 14.6. The summed E-state index contributed by atoms with van der Waals surface area (Å²) in [6, 6.07) is 8.30. The van der Waals surface area contributed by atoms with Crippen molar-refractivity contribution >= 4 is 6.08 Å². The molecule has 1 aliphatic carbocycles. The quantitative estimate of drug-likeness (QED) is 0.654. The van der Waals surface area contributed by atoms with E-state index < -0.39 is 0 Å². The molecule has 6 heteroatoms. The number of fused-ring (bicyclic) bond motifs is 1. The molecule has 2 aromatic rings. The van der Waals surface area contributed by atoms with Crippen LogP contribution in [0.25, 0.3) is 6.08 Å². The predicted octanol–water partition coefficient (Wildman–Crippen LogP) is 2.24. The molecular weight excluding hydrogens is 336 g/mol. The SMILES string of the molecule is COc1cc(C2c3cc(O)c(OC)cc3C=C(CO)C2CO)ccc1O. The van der Waals surface area contributed by atoms with Gasteiger partial charge in [0.2, 0.25) is 0 Å². The summed E-state index contributed by atoms with van der Waals surface area (Å²) in [4.78, 5) is 0. The maximum Gasteiger partial charge on any atom is 0.161 e. The van der Waals surface area contributed by atoms with Crippen molar-refractivity contribution in [1.82, 2.24) is 0 Å². The second kappa shape index (κ2) is 7.27. The molecule has 2 unspecified atom stereocenters. The van der Waals surface area contributed by atoms with Gasteiger partial charge in [0.15, 0.2) is 23.0 Å². The van der Waals surface area contributed by atoms with Gasteiger partial charge in [-0.1, -0.05) is 12.1 Å². The fraction of sp³-hybridized carbons (Fsp3) is 0.300. The van der Waals surface area contributed by atoms with E-state index in [4.69, 9.17) is 9.47 Å². The van der Waals surface area contributed by atoms with Crippen LogP contribution in [0.5, 0.6) is 23.0 Å². The first kappa shape index (κ1) is 18.1. The number of benzene rings is 2. The molecule has 0 spiro atoms. The lowest BCUT2D eigenvalue weighted by atomic mass is 9.72. The Balaban J connectivity index is 2.23. The van der Waals surface area contributed by atoms with Crippen LogP contribution in [0.3, 0.4) is 0 Å². The number of hydrogen-bond donors (Lipinski definition) is 4. The van der Waals surface area contributed by atoms with Crippen LogP contribution < -0.4 is 9.47 Å². The lowest BCUT2D eigenvalue weighted by Crippen LogP contribution is -2.25. The average Bonchev–Trinajstić information content (AvgIpc) is 2.66. The van der Waals surface area contributed by atoms with Crippen LogP contribution in [0, 0.1) is 5.92 Å². The van der Waals surface area contributed by atoms with Crippen molar-refractivity contribution in [2.75, 3.05) is 27.4 Å². The number of aromatic hydroxyl groups is 2. The maximum absolute atomic E-state index is 10.2. The van der Waals surface area contributed by atoms with Gasteiger partial charge in [-0.3, -0.25) is 0 Å². The summed E-state index contributed by atoms with van der Waals surface area (Å²) >= 11 is 0. The van der Waals surface area contributed by atoms with E-state index in [1.807, 2.05) is 6.08 Å². The molecule has 3 rings (SSSR count). The van der Waals surface area contributed by atoms with Gasteiger partial charge in [0.05, 0.1) is 27.4 Å². The van der Waals surface area contributed by atoms with Crippen molar-refractivity contribution in [3.8, 4) is 23.0 Å². The van der Waals surface area contributed by atoms with Crippen LogP contribution in [0.2, 0.25) is 0 Å². The van der Waals surface area contributed by atoms with E-state index in [-0.39, 0.29) is 36.5 Å². The van der Waals surface area contributed by atoms with E-state index >= 15 is 0 Å². The lowest BCUT2D eigenvalue weighted by molar-refractivity contribution is 0.215. The molecule has 0 saturated carbocycles. The molecule has 0 bridgehead atoms. The molecule has 2 atom stereocenters. The zero-order chi connectivity index (χ0) is 18.8. The highest BCUT2D eigenvalue weighted by Gasteiger charge is 2.33. The second-order valence-electron chi connectivity index (χ2n) is 6.23. The summed E-state index contributed by atoms with van der Waals surface area (Å²) in [5.74, 6) is -0.0220. The number of aliphatic hydroxyl groups excluding tert-OH is 2. The number of ether oxygens (including phenoxy) is 2. The minimum atomic E-state index is -0.366. The fourth-order valence-electron chi connectivity index (χ4n) is 3.58. The normalized spacial score (nSPS) is 18.8. The Labute approximate surface area is 151 Å². The third-order valence-corrected chi connectivity index (χ3v) is 4.88. The van der Waals surface area contributed by atoms with E-state index in [1.54, 1.807) is 24.3 Å². The van der Waals surface area contributed by atoms with E-state index in [9.17, 15) is 20.4 Å². The van der Waals surface area contributed by atoms with Crippen molar-refractivity contribution in [2.45, 2.75) is 5.92 Å². The molecule has 0 fully saturated rings. The third-order valence-electron chi connectivity index (χ3n) is 4.88. The molecule has 26 heavy (non-hydrogen) atoms. The summed E-state index contributed by atoms with van der Waals surface area (Å²) in [6.07, 6.45) is 1.81. The maximum atomic E-state index is 10.2. The summed E-state index contributed by atoms with van der Waals surface area (Å²) in [5, 5.41) is 39.9. The zero-order valence-electron chi connectivity index (χ0n) is 14.6. The third kappa shape index (κ3) is 2.98. The highest BCUT2D eigenvalue weighted by molar-refractivity contribution is 5.68. The number of hydrogen-bond acceptors (Lipinski definition) is 6. The van der Waals surface area contributed by atoms with E-state index in [0.29, 0.717) is 17.1 Å². The predicted molar refractivity (Wildman–Crippen MR) is 96.8 cm³/mol. The van der Waals surface area contributed by atoms with Crippen molar-refractivity contribution in [2.24, 2.45) is 5.92 Å². The Kier molecular flexibility index (Phi) is 5.06.